The lowest BCUT2D eigenvalue weighted by Crippen LogP contribution is -2.54. The second kappa shape index (κ2) is 9.77. The summed E-state index contributed by atoms with van der Waals surface area (Å²) >= 11 is 0. The number of anilines is 1. The Hall–Kier alpha value is -3.15. The predicted molar refractivity (Wildman–Crippen MR) is 91.7 cm³/mol. The van der Waals surface area contributed by atoms with E-state index >= 15 is 0 Å². The van der Waals surface area contributed by atoms with Gasteiger partial charge in [-0.15, -0.1) is 0 Å². The predicted octanol–water partition coefficient (Wildman–Crippen LogP) is 1.95. The van der Waals surface area contributed by atoms with E-state index in [-0.39, 0.29) is 6.10 Å². The van der Waals surface area contributed by atoms with Crippen LogP contribution in [0.25, 0.3) is 0 Å². The summed E-state index contributed by atoms with van der Waals surface area (Å²) in [4.78, 5) is 24.6. The Labute approximate surface area is 172 Å². The molecule has 6 nitrogen and oxygen atoms in total. The Morgan fingerprint density at radius 1 is 1.00 bits per heavy atom. The number of ether oxygens (including phenoxy) is 1. The molecule has 0 aliphatic carbocycles. The third kappa shape index (κ3) is 7.24. The van der Waals surface area contributed by atoms with Gasteiger partial charge < -0.3 is 14.6 Å². The van der Waals surface area contributed by atoms with Gasteiger partial charge in [-0.3, -0.25) is 9.69 Å². The average molecular weight is 450 g/mol. The summed E-state index contributed by atoms with van der Waals surface area (Å²) in [5, 5.41) is 8.78. The average Bonchev–Trinajstić information content (AvgIpc) is 2.66. The molecule has 0 radical (unpaired) electrons. The smallest absolute Gasteiger partial charge is 0.455 e. The van der Waals surface area contributed by atoms with Gasteiger partial charge in [0, 0.05) is 6.07 Å². The van der Waals surface area contributed by atoms with Crippen molar-refractivity contribution in [1.29, 1.82) is 0 Å². The number of ketones is 1. The highest BCUT2D eigenvalue weighted by Crippen LogP contribution is 2.23. The molecule has 0 amide bonds. The molecule has 2 heterocycles. The van der Waals surface area contributed by atoms with E-state index in [9.17, 15) is 31.1 Å². The zero-order valence-corrected chi connectivity index (χ0v) is 15.7. The highest BCUT2D eigenvalue weighted by molar-refractivity contribution is 5.99. The quantitative estimate of drug-likeness (QED) is 0.514. The van der Waals surface area contributed by atoms with E-state index in [1.54, 1.807) is 0 Å². The largest absolute Gasteiger partial charge is 0.542 e. The van der Waals surface area contributed by atoms with Crippen molar-refractivity contribution < 1.29 is 50.8 Å². The second-order valence-corrected chi connectivity index (χ2v) is 6.40. The van der Waals surface area contributed by atoms with Gasteiger partial charge in [-0.05, 0) is 11.6 Å². The van der Waals surface area contributed by atoms with E-state index in [2.05, 4.69) is 4.98 Å². The Morgan fingerprint density at radius 2 is 1.58 bits per heavy atom. The molecule has 0 spiro atoms. The number of nitrogens with one attached hydrogen (secondary N) is 1. The Morgan fingerprint density at radius 3 is 2.03 bits per heavy atom. The van der Waals surface area contributed by atoms with Crippen molar-refractivity contribution in [1.82, 2.24) is 0 Å². The van der Waals surface area contributed by atoms with Crippen LogP contribution < -0.4 is 15.0 Å². The number of pyridine rings is 1. The van der Waals surface area contributed by atoms with Gasteiger partial charge in [0.05, 0.1) is 18.4 Å². The number of aromatic amines is 1. The molecule has 1 aliphatic heterocycles. The first kappa shape index (κ1) is 24.1. The molecule has 1 N–H and O–H groups in total. The minimum atomic E-state index is -5.19. The normalized spacial score (nSPS) is 14.3. The molecule has 0 atom stereocenters. The van der Waals surface area contributed by atoms with E-state index in [0.717, 1.165) is 11.8 Å². The van der Waals surface area contributed by atoms with Crippen molar-refractivity contribution in [3.8, 4) is 0 Å². The van der Waals surface area contributed by atoms with Crippen molar-refractivity contribution in [2.24, 2.45) is 0 Å². The van der Waals surface area contributed by atoms with Gasteiger partial charge in [0.1, 0.15) is 25.2 Å². The molecule has 0 unspecified atom stereocenters. The third-order valence-corrected chi connectivity index (χ3v) is 4.06. The molecule has 1 fully saturated rings. The highest BCUT2D eigenvalue weighted by Gasteiger charge is 2.40. The van der Waals surface area contributed by atoms with Crippen LogP contribution in [0, 0.1) is 0 Å². The van der Waals surface area contributed by atoms with E-state index in [1.807, 2.05) is 35.2 Å². The fourth-order valence-electron chi connectivity index (χ4n) is 2.45. The van der Waals surface area contributed by atoms with E-state index in [1.165, 1.54) is 12.1 Å². The maximum Gasteiger partial charge on any atom is 0.455 e. The van der Waals surface area contributed by atoms with Crippen LogP contribution >= 0.6 is 0 Å². The van der Waals surface area contributed by atoms with Crippen LogP contribution in [0.4, 0.5) is 32.2 Å². The standard InChI is InChI=1S/C17H15F3N2O2.C2HF3O2/c18-17(19,20)16(23)13-6-7-15(21-8-13)22-9-14(10-22)24-11-12-4-2-1-3-5-12;3-2(4,5)1(6)7/h1-8,14H,9-11H2;(H,6,7). The maximum atomic E-state index is 12.4. The molecule has 0 saturated carbocycles. The molecule has 3 rings (SSSR count). The Kier molecular flexibility index (Phi) is 7.60. The first-order valence-corrected chi connectivity index (χ1v) is 8.70. The minimum Gasteiger partial charge on any atom is -0.542 e. The molecule has 1 aromatic carbocycles. The summed E-state index contributed by atoms with van der Waals surface area (Å²) in [7, 11) is 0. The maximum absolute atomic E-state index is 12.4. The first-order valence-electron chi connectivity index (χ1n) is 8.70. The molecule has 12 heteroatoms. The molecule has 1 saturated heterocycles. The number of aromatic nitrogens is 1. The fraction of sp³-hybridized carbons (Fsp3) is 0.316. The molecular formula is C19H16F6N2O4. The lowest BCUT2D eigenvalue weighted by molar-refractivity contribution is -0.365. The zero-order chi connectivity index (χ0) is 23.2. The number of carbonyl (C=O) groups excluding carboxylic acids is 2. The van der Waals surface area contributed by atoms with Gasteiger partial charge in [0.25, 0.3) is 11.6 Å². The lowest BCUT2D eigenvalue weighted by atomic mass is 10.1. The molecular weight excluding hydrogens is 434 g/mol. The summed E-state index contributed by atoms with van der Waals surface area (Å²) in [6, 6.07) is 12.5. The van der Waals surface area contributed by atoms with Crippen LogP contribution in [0.15, 0.2) is 48.7 Å². The molecule has 168 valence electrons. The van der Waals surface area contributed by atoms with Crippen molar-refractivity contribution in [3.63, 3.8) is 0 Å². The second-order valence-electron chi connectivity index (χ2n) is 6.40. The van der Waals surface area contributed by atoms with E-state index in [0.29, 0.717) is 25.5 Å². The molecule has 2 aromatic rings. The molecule has 0 bridgehead atoms. The fourth-order valence-corrected chi connectivity index (χ4v) is 2.45. The zero-order valence-electron chi connectivity index (χ0n) is 15.7. The number of nitrogens with zero attached hydrogens (tertiary/aromatic N) is 1. The Bertz CT molecular complexity index is 879. The summed E-state index contributed by atoms with van der Waals surface area (Å²) in [6.07, 6.45) is -8.89. The summed E-state index contributed by atoms with van der Waals surface area (Å²) in [5.41, 5.74) is 0.696. The molecule has 31 heavy (non-hydrogen) atoms. The molecule has 1 aliphatic rings. The van der Waals surface area contributed by atoms with Crippen molar-refractivity contribution in [3.05, 3.63) is 59.8 Å². The highest BCUT2D eigenvalue weighted by atomic mass is 19.4. The number of H-pyrrole nitrogens is 1. The number of hydrogen-bond donors (Lipinski definition) is 0. The number of carboxylic acid groups (broad SMARTS) is 1. The van der Waals surface area contributed by atoms with Gasteiger partial charge in [0.2, 0.25) is 0 Å². The number of alkyl halides is 6. The van der Waals surface area contributed by atoms with E-state index in [4.69, 9.17) is 14.6 Å². The van der Waals surface area contributed by atoms with Crippen molar-refractivity contribution in [2.45, 2.75) is 25.1 Å². The van der Waals surface area contributed by atoms with Crippen LogP contribution in [-0.2, 0) is 16.1 Å². The number of carbonyl (C=O) groups is 2. The topological polar surface area (TPSA) is 83.8 Å². The number of Topliss-reactive ketones (excluding diaryl/α,β-unsaturated/α-hetero) is 1. The van der Waals surface area contributed by atoms with Gasteiger partial charge >= 0.3 is 12.4 Å². The summed E-state index contributed by atoms with van der Waals surface area (Å²) in [6.45, 7) is 1.83. The van der Waals surface area contributed by atoms with Crippen LogP contribution in [0.1, 0.15) is 15.9 Å². The van der Waals surface area contributed by atoms with Gasteiger partial charge in [-0.2, -0.15) is 26.3 Å². The third-order valence-electron chi connectivity index (χ3n) is 4.06. The SMILES string of the molecule is O=C([O-])C(F)(F)F.O=C(c1ccc(N2CC(OCc3ccccc3)C2)[nH+]c1)C(F)(F)F. The van der Waals surface area contributed by atoms with Crippen LogP contribution in [-0.4, -0.2) is 43.3 Å². The number of carboxylic acids is 1. The monoisotopic (exact) mass is 450 g/mol. The van der Waals surface area contributed by atoms with Crippen LogP contribution in [0.5, 0.6) is 0 Å². The van der Waals surface area contributed by atoms with Gasteiger partial charge in [-0.1, -0.05) is 30.3 Å². The number of aliphatic carboxylic acids is 1. The van der Waals surface area contributed by atoms with Gasteiger partial charge in [-0.25, -0.2) is 4.98 Å². The van der Waals surface area contributed by atoms with Gasteiger partial charge in [0.15, 0.2) is 0 Å². The molecule has 1 aromatic heterocycles. The first-order chi connectivity index (χ1) is 14.4. The van der Waals surface area contributed by atoms with Crippen molar-refractivity contribution in [2.75, 3.05) is 18.0 Å². The number of rotatable bonds is 5. The minimum absolute atomic E-state index is 0.0788. The summed E-state index contributed by atoms with van der Waals surface area (Å²) in [5.74, 6) is -4.20. The summed E-state index contributed by atoms with van der Waals surface area (Å²) < 4.78 is 74.4. The van der Waals surface area contributed by atoms with Crippen LogP contribution in [0.2, 0.25) is 0 Å². The van der Waals surface area contributed by atoms with Crippen LogP contribution in [0.3, 0.4) is 0 Å². The number of hydrogen-bond acceptors (Lipinski definition) is 5. The number of benzene rings is 1. The lowest BCUT2D eigenvalue weighted by Gasteiger charge is -2.33. The number of halogens is 6. The van der Waals surface area contributed by atoms with Crippen molar-refractivity contribution >= 4 is 17.6 Å². The van der Waals surface area contributed by atoms with E-state index < -0.39 is 29.7 Å². The Balaban J connectivity index is 0.000000423.